The van der Waals surface area contributed by atoms with Gasteiger partial charge in [-0.1, -0.05) is 87.4 Å². The molecule has 0 bridgehead atoms. The maximum Gasteiger partial charge on any atom is 0.421 e. The highest BCUT2D eigenvalue weighted by Gasteiger charge is 2.28. The summed E-state index contributed by atoms with van der Waals surface area (Å²) in [5, 5.41) is 4.72. The van der Waals surface area contributed by atoms with Gasteiger partial charge in [-0.2, -0.15) is 0 Å². The molecule has 2 N–H and O–H groups in total. The molecule has 8 heteroatoms. The second kappa shape index (κ2) is 16.6. The molecule has 1 unspecified atom stereocenters. The zero-order valence-electron chi connectivity index (χ0n) is 26.1. The molecule has 0 fully saturated rings. The van der Waals surface area contributed by atoms with Gasteiger partial charge in [-0.3, -0.25) is 15.0 Å². The predicted molar refractivity (Wildman–Crippen MR) is 172 cm³/mol. The summed E-state index contributed by atoms with van der Waals surface area (Å²) in [5.74, 6) is -0.390. The average molecular weight is 600 g/mol. The SMILES string of the molecule is CCCCC(CC)N(Cc1ccc(C(=O)NCCC(=O)OCC)cc1)NC(=O)OCCC1c2ccccc2-c2ccccc21. The number of esters is 1. The maximum absolute atomic E-state index is 13.1. The predicted octanol–water partition coefficient (Wildman–Crippen LogP) is 6.98. The van der Waals surface area contributed by atoms with Crippen molar-refractivity contribution < 1.29 is 23.9 Å². The summed E-state index contributed by atoms with van der Waals surface area (Å²) in [7, 11) is 0. The molecule has 8 nitrogen and oxygen atoms in total. The third kappa shape index (κ3) is 8.69. The molecule has 3 aromatic rings. The Bertz CT molecular complexity index is 1350. The molecule has 3 aromatic carbocycles. The van der Waals surface area contributed by atoms with Crippen molar-refractivity contribution in [2.45, 2.75) is 77.8 Å². The van der Waals surface area contributed by atoms with Crippen molar-refractivity contribution in [2.75, 3.05) is 19.8 Å². The monoisotopic (exact) mass is 599 g/mol. The lowest BCUT2D eigenvalue weighted by atomic mass is 9.94. The smallest absolute Gasteiger partial charge is 0.421 e. The lowest BCUT2D eigenvalue weighted by Gasteiger charge is -2.31. The Morgan fingerprint density at radius 3 is 2.14 bits per heavy atom. The van der Waals surface area contributed by atoms with Crippen LogP contribution in [0.5, 0.6) is 0 Å². The number of hydrogen-bond donors (Lipinski definition) is 2. The first-order chi connectivity index (χ1) is 21.4. The number of ether oxygens (including phenoxy) is 2. The topological polar surface area (TPSA) is 97.0 Å². The lowest BCUT2D eigenvalue weighted by molar-refractivity contribution is -0.142. The van der Waals surface area contributed by atoms with Crippen LogP contribution in [-0.2, 0) is 20.8 Å². The third-order valence-corrected chi connectivity index (χ3v) is 8.13. The lowest BCUT2D eigenvalue weighted by Crippen LogP contribution is -2.48. The molecule has 1 aliphatic rings. The van der Waals surface area contributed by atoms with Gasteiger partial charge in [0.1, 0.15) is 0 Å². The van der Waals surface area contributed by atoms with E-state index in [9.17, 15) is 14.4 Å². The van der Waals surface area contributed by atoms with Crippen molar-refractivity contribution in [3.05, 3.63) is 95.1 Å². The Labute approximate surface area is 261 Å². The standard InChI is InChI=1S/C36H45N3O5/c1-4-7-12-28(5-2)39(25-26-17-19-27(20-18-26)35(41)37-23-21-34(40)43-6-3)38-36(42)44-24-22-33-31-15-10-8-13-29(31)30-14-9-11-16-32(30)33/h8-11,13-20,28,33H,4-7,12,21-25H2,1-3H3,(H,37,41)(H,38,42). The second-order valence-corrected chi connectivity index (χ2v) is 11.1. The fourth-order valence-electron chi connectivity index (χ4n) is 5.84. The van der Waals surface area contributed by atoms with Crippen molar-refractivity contribution in [1.82, 2.24) is 15.8 Å². The fourth-order valence-corrected chi connectivity index (χ4v) is 5.84. The molecule has 0 heterocycles. The first-order valence-corrected chi connectivity index (χ1v) is 15.9. The van der Waals surface area contributed by atoms with Crippen molar-refractivity contribution >= 4 is 18.0 Å². The van der Waals surface area contributed by atoms with Gasteiger partial charge in [0.2, 0.25) is 0 Å². The van der Waals surface area contributed by atoms with Crippen molar-refractivity contribution in [3.63, 3.8) is 0 Å². The number of nitrogens with one attached hydrogen (secondary N) is 2. The number of nitrogens with zero attached hydrogens (tertiary/aromatic N) is 1. The van der Waals surface area contributed by atoms with Gasteiger partial charge in [0.15, 0.2) is 0 Å². The van der Waals surface area contributed by atoms with Crippen LogP contribution >= 0.6 is 0 Å². The number of hydrazine groups is 1. The average Bonchev–Trinajstić information content (AvgIpc) is 3.35. The summed E-state index contributed by atoms with van der Waals surface area (Å²) in [6.07, 6.45) is 4.32. The van der Waals surface area contributed by atoms with E-state index in [1.807, 2.05) is 17.1 Å². The van der Waals surface area contributed by atoms with Crippen LogP contribution < -0.4 is 10.7 Å². The number of carbonyl (C=O) groups is 3. The molecule has 0 aromatic heterocycles. The van der Waals surface area contributed by atoms with E-state index in [1.165, 1.54) is 22.3 Å². The van der Waals surface area contributed by atoms with Gasteiger partial charge in [0, 0.05) is 30.6 Å². The molecule has 0 aliphatic heterocycles. The van der Waals surface area contributed by atoms with Crippen LogP contribution in [0.4, 0.5) is 4.79 Å². The van der Waals surface area contributed by atoms with E-state index < -0.39 is 6.09 Å². The highest BCUT2D eigenvalue weighted by atomic mass is 16.6. The van der Waals surface area contributed by atoms with Crippen LogP contribution in [0.2, 0.25) is 0 Å². The highest BCUT2D eigenvalue weighted by Crippen LogP contribution is 2.45. The van der Waals surface area contributed by atoms with Gasteiger partial charge in [0.05, 0.1) is 19.6 Å². The largest absolute Gasteiger partial charge is 0.466 e. The van der Waals surface area contributed by atoms with Crippen LogP contribution in [-0.4, -0.2) is 48.8 Å². The number of hydrogen-bond acceptors (Lipinski definition) is 6. The Morgan fingerprint density at radius 2 is 1.52 bits per heavy atom. The molecule has 0 radical (unpaired) electrons. The summed E-state index contributed by atoms with van der Waals surface area (Å²) in [6.45, 7) is 7.35. The summed E-state index contributed by atoms with van der Waals surface area (Å²) < 4.78 is 10.6. The van der Waals surface area contributed by atoms with E-state index in [1.54, 1.807) is 19.1 Å². The Hall–Kier alpha value is -4.17. The zero-order valence-corrected chi connectivity index (χ0v) is 26.1. The van der Waals surface area contributed by atoms with E-state index in [0.717, 1.165) is 31.2 Å². The Balaban J connectivity index is 1.34. The van der Waals surface area contributed by atoms with Crippen LogP contribution in [0.1, 0.15) is 92.3 Å². The fraction of sp³-hybridized carbons (Fsp3) is 0.417. The number of fused-ring (bicyclic) bond motifs is 3. The van der Waals surface area contributed by atoms with E-state index in [0.29, 0.717) is 31.7 Å². The molecule has 0 saturated heterocycles. The normalized spacial score (nSPS) is 12.7. The molecule has 234 valence electrons. The van der Waals surface area contributed by atoms with E-state index in [4.69, 9.17) is 9.47 Å². The van der Waals surface area contributed by atoms with E-state index in [2.05, 4.69) is 73.1 Å². The number of rotatable bonds is 16. The minimum Gasteiger partial charge on any atom is -0.466 e. The third-order valence-electron chi connectivity index (χ3n) is 8.13. The maximum atomic E-state index is 13.1. The van der Waals surface area contributed by atoms with Crippen molar-refractivity contribution in [2.24, 2.45) is 0 Å². The molecular formula is C36H45N3O5. The van der Waals surface area contributed by atoms with Crippen molar-refractivity contribution in [1.29, 1.82) is 0 Å². The molecule has 0 spiro atoms. The summed E-state index contributed by atoms with van der Waals surface area (Å²) >= 11 is 0. The number of unbranched alkanes of at least 4 members (excludes halogenated alkanes) is 1. The molecule has 44 heavy (non-hydrogen) atoms. The van der Waals surface area contributed by atoms with Crippen LogP contribution in [0.15, 0.2) is 72.8 Å². The minimum absolute atomic E-state index is 0.131. The molecule has 2 amide bonds. The van der Waals surface area contributed by atoms with Gasteiger partial charge in [-0.05, 0) is 66.1 Å². The van der Waals surface area contributed by atoms with Crippen LogP contribution in [0.3, 0.4) is 0 Å². The summed E-state index contributed by atoms with van der Waals surface area (Å²) in [6, 6.07) is 24.4. The molecule has 1 aliphatic carbocycles. The highest BCUT2D eigenvalue weighted by molar-refractivity contribution is 5.94. The summed E-state index contributed by atoms with van der Waals surface area (Å²) in [4.78, 5) is 37.1. The van der Waals surface area contributed by atoms with Gasteiger partial charge < -0.3 is 14.8 Å². The van der Waals surface area contributed by atoms with Crippen LogP contribution in [0, 0.1) is 0 Å². The molecule has 4 rings (SSSR count). The number of carbonyl (C=O) groups excluding carboxylic acids is 3. The Morgan fingerprint density at radius 1 is 0.864 bits per heavy atom. The minimum atomic E-state index is -0.461. The molecule has 0 saturated carbocycles. The second-order valence-electron chi connectivity index (χ2n) is 11.1. The van der Waals surface area contributed by atoms with Gasteiger partial charge in [0.25, 0.3) is 5.91 Å². The van der Waals surface area contributed by atoms with Gasteiger partial charge in [-0.25, -0.2) is 9.80 Å². The molecule has 1 atom stereocenters. The quantitative estimate of drug-likeness (QED) is 0.136. The van der Waals surface area contributed by atoms with Crippen LogP contribution in [0.25, 0.3) is 11.1 Å². The Kier molecular flexibility index (Phi) is 12.4. The zero-order chi connectivity index (χ0) is 31.3. The first-order valence-electron chi connectivity index (χ1n) is 15.9. The number of benzene rings is 3. The summed E-state index contributed by atoms with van der Waals surface area (Å²) in [5.41, 5.74) is 9.56. The van der Waals surface area contributed by atoms with Gasteiger partial charge in [-0.15, -0.1) is 0 Å². The first kappa shape index (κ1) is 32.7. The van der Waals surface area contributed by atoms with Crippen molar-refractivity contribution in [3.8, 4) is 11.1 Å². The van der Waals surface area contributed by atoms with E-state index >= 15 is 0 Å². The van der Waals surface area contributed by atoms with Gasteiger partial charge >= 0.3 is 12.1 Å². The number of amides is 2. The molecular weight excluding hydrogens is 554 g/mol. The van der Waals surface area contributed by atoms with E-state index in [-0.39, 0.29) is 36.8 Å².